The van der Waals surface area contributed by atoms with Crippen LogP contribution in [0.1, 0.15) is 16.8 Å². The molecule has 11 heteroatoms. The lowest BCUT2D eigenvalue weighted by molar-refractivity contribution is -0.137. The summed E-state index contributed by atoms with van der Waals surface area (Å²) in [6.45, 7) is 1.68. The number of imidazole rings is 1. The number of rotatable bonds is 5. The quantitative estimate of drug-likeness (QED) is 0.654. The number of hydrogen-bond donors (Lipinski definition) is 2. The van der Waals surface area contributed by atoms with Gasteiger partial charge in [-0.3, -0.25) is 0 Å². The van der Waals surface area contributed by atoms with E-state index in [1.807, 2.05) is 0 Å². The van der Waals surface area contributed by atoms with E-state index in [1.54, 1.807) is 24.1 Å². The summed E-state index contributed by atoms with van der Waals surface area (Å²) in [4.78, 5) is 8.39. The largest absolute Gasteiger partial charge is 0.416 e. The highest BCUT2D eigenvalue weighted by molar-refractivity contribution is 7.89. The first-order chi connectivity index (χ1) is 13.4. The van der Waals surface area contributed by atoms with E-state index in [0.29, 0.717) is 22.6 Å². The Morgan fingerprint density at radius 1 is 1.21 bits per heavy atom. The number of aromatic nitrogens is 3. The second kappa shape index (κ2) is 7.48. The van der Waals surface area contributed by atoms with Crippen LogP contribution in [0.15, 0.2) is 47.8 Å². The van der Waals surface area contributed by atoms with Crippen LogP contribution in [-0.4, -0.2) is 23.0 Å². The fourth-order valence-corrected chi connectivity index (χ4v) is 3.49. The van der Waals surface area contributed by atoms with Gasteiger partial charge in [-0.1, -0.05) is 12.1 Å². The van der Waals surface area contributed by atoms with Crippen molar-refractivity contribution in [3.8, 4) is 11.3 Å². The highest BCUT2D eigenvalue weighted by atomic mass is 32.2. The molecule has 154 valence electrons. The third kappa shape index (κ3) is 4.74. The van der Waals surface area contributed by atoms with Gasteiger partial charge in [0.2, 0.25) is 10.0 Å². The molecule has 0 atom stereocenters. The van der Waals surface area contributed by atoms with Crippen molar-refractivity contribution in [3.05, 3.63) is 59.7 Å². The van der Waals surface area contributed by atoms with Gasteiger partial charge in [-0.15, -0.1) is 0 Å². The summed E-state index contributed by atoms with van der Waals surface area (Å²) in [6.07, 6.45) is -1.17. The Morgan fingerprint density at radius 3 is 2.38 bits per heavy atom. The zero-order valence-electron chi connectivity index (χ0n) is 15.5. The molecule has 2 heterocycles. The number of sulfonamides is 1. The van der Waals surface area contributed by atoms with Gasteiger partial charge in [0.1, 0.15) is 10.7 Å². The van der Waals surface area contributed by atoms with Crippen molar-refractivity contribution in [2.45, 2.75) is 24.5 Å². The smallest absolute Gasteiger partial charge is 0.365 e. The van der Waals surface area contributed by atoms with E-state index in [-0.39, 0.29) is 17.1 Å². The summed E-state index contributed by atoms with van der Waals surface area (Å²) < 4.78 is 63.5. The molecular formula is C18H18F3N5O2S. The number of nitrogens with one attached hydrogen (secondary N) is 1. The molecule has 3 rings (SSSR count). The highest BCUT2D eigenvalue weighted by Crippen LogP contribution is 2.31. The van der Waals surface area contributed by atoms with Crippen LogP contribution in [-0.2, 0) is 29.8 Å². The first kappa shape index (κ1) is 20.8. The minimum absolute atomic E-state index is 0.127. The average molecular weight is 425 g/mol. The molecule has 2 aromatic heterocycles. The Morgan fingerprint density at radius 2 is 1.86 bits per heavy atom. The Balaban J connectivity index is 1.95. The van der Waals surface area contributed by atoms with E-state index in [0.717, 1.165) is 12.1 Å². The molecule has 0 aliphatic rings. The van der Waals surface area contributed by atoms with Crippen LogP contribution in [0.3, 0.4) is 0 Å². The van der Waals surface area contributed by atoms with Crippen LogP contribution in [0.25, 0.3) is 11.3 Å². The zero-order chi connectivity index (χ0) is 21.4. The fraction of sp³-hybridized carbons (Fsp3) is 0.222. The fourth-order valence-electron chi connectivity index (χ4n) is 2.75. The molecular weight excluding hydrogens is 407 g/mol. The summed E-state index contributed by atoms with van der Waals surface area (Å²) in [7, 11) is -2.23. The number of anilines is 1. The minimum atomic E-state index is -4.40. The number of primary sulfonamides is 1. The Kier molecular flexibility index (Phi) is 5.37. The second-order valence-electron chi connectivity index (χ2n) is 6.49. The van der Waals surface area contributed by atoms with Gasteiger partial charge in [0.25, 0.3) is 0 Å². The van der Waals surface area contributed by atoms with Gasteiger partial charge < -0.3 is 9.88 Å². The summed E-state index contributed by atoms with van der Waals surface area (Å²) in [5.74, 6) is 0.341. The lowest BCUT2D eigenvalue weighted by atomic mass is 10.1. The Hall–Kier alpha value is -2.92. The van der Waals surface area contributed by atoms with Crippen molar-refractivity contribution in [2.24, 2.45) is 12.2 Å². The molecule has 7 nitrogen and oxygen atoms in total. The van der Waals surface area contributed by atoms with Gasteiger partial charge in [-0.05, 0) is 30.7 Å². The first-order valence-corrected chi connectivity index (χ1v) is 9.92. The summed E-state index contributed by atoms with van der Waals surface area (Å²) >= 11 is 0. The Labute approximate surface area is 165 Å². The SMILES string of the molecule is Cc1nc(NCc2ccc(C(F)(F)F)cc2)c(-c2cn(C)cn2)cc1S(N)(=O)=O. The van der Waals surface area contributed by atoms with E-state index >= 15 is 0 Å². The molecule has 0 aliphatic carbocycles. The third-order valence-corrected chi connectivity index (χ3v) is 5.22. The average Bonchev–Trinajstić information content (AvgIpc) is 3.04. The maximum absolute atomic E-state index is 12.7. The van der Waals surface area contributed by atoms with Gasteiger partial charge in [0.05, 0.1) is 23.3 Å². The van der Waals surface area contributed by atoms with Crippen LogP contribution in [0.4, 0.5) is 19.0 Å². The van der Waals surface area contributed by atoms with Gasteiger partial charge in [0, 0.05) is 25.4 Å². The molecule has 0 aliphatic heterocycles. The summed E-state index contributed by atoms with van der Waals surface area (Å²) in [5.41, 5.74) is 0.941. The predicted octanol–water partition coefficient (Wildman–Crippen LogP) is 3.07. The number of benzene rings is 1. The number of aryl methyl sites for hydroxylation is 2. The monoisotopic (exact) mass is 425 g/mol. The number of nitrogens with zero attached hydrogens (tertiary/aromatic N) is 3. The molecule has 1 aromatic carbocycles. The summed E-state index contributed by atoms with van der Waals surface area (Å²) in [6, 6.07) is 6.11. The van der Waals surface area contributed by atoms with Gasteiger partial charge >= 0.3 is 6.18 Å². The zero-order valence-corrected chi connectivity index (χ0v) is 16.3. The standard InChI is InChI=1S/C18H18F3N5O2S/c1-11-16(29(22,27)28)7-14(15-9-26(2)10-24-15)17(25-11)23-8-12-3-5-13(6-4-12)18(19,20)21/h3-7,9-10H,8H2,1-2H3,(H,23,25)(H2,22,27,28). The topological polar surface area (TPSA) is 103 Å². The van der Waals surface area contributed by atoms with E-state index in [1.165, 1.54) is 25.1 Å². The van der Waals surface area contributed by atoms with E-state index < -0.39 is 21.8 Å². The first-order valence-electron chi connectivity index (χ1n) is 8.38. The van der Waals surface area contributed by atoms with Crippen molar-refractivity contribution < 1.29 is 21.6 Å². The molecule has 0 saturated carbocycles. The normalized spacial score (nSPS) is 12.2. The van der Waals surface area contributed by atoms with Crippen molar-refractivity contribution in [2.75, 3.05) is 5.32 Å². The number of pyridine rings is 1. The lowest BCUT2D eigenvalue weighted by Crippen LogP contribution is -2.16. The van der Waals surface area contributed by atoms with Crippen molar-refractivity contribution in [3.63, 3.8) is 0 Å². The molecule has 0 spiro atoms. The highest BCUT2D eigenvalue weighted by Gasteiger charge is 2.29. The van der Waals surface area contributed by atoms with Gasteiger partial charge in [0.15, 0.2) is 0 Å². The molecule has 0 radical (unpaired) electrons. The van der Waals surface area contributed by atoms with E-state index in [9.17, 15) is 21.6 Å². The Bertz CT molecular complexity index is 1140. The van der Waals surface area contributed by atoms with Crippen LogP contribution in [0.5, 0.6) is 0 Å². The maximum atomic E-state index is 12.7. The van der Waals surface area contributed by atoms with Gasteiger partial charge in [-0.2, -0.15) is 13.2 Å². The van der Waals surface area contributed by atoms with Crippen molar-refractivity contribution in [1.29, 1.82) is 0 Å². The molecule has 0 amide bonds. The molecule has 29 heavy (non-hydrogen) atoms. The van der Waals surface area contributed by atoms with E-state index in [4.69, 9.17) is 5.14 Å². The molecule has 0 bridgehead atoms. The summed E-state index contributed by atoms with van der Waals surface area (Å²) in [5, 5.41) is 8.31. The number of nitrogens with two attached hydrogens (primary N) is 1. The number of halogens is 3. The third-order valence-electron chi connectivity index (χ3n) is 4.20. The van der Waals surface area contributed by atoms with Crippen LogP contribution in [0, 0.1) is 6.92 Å². The number of hydrogen-bond acceptors (Lipinski definition) is 5. The molecule has 3 N–H and O–H groups in total. The van der Waals surface area contributed by atoms with E-state index in [2.05, 4.69) is 15.3 Å². The molecule has 3 aromatic rings. The minimum Gasteiger partial charge on any atom is -0.365 e. The van der Waals surface area contributed by atoms with Crippen LogP contribution in [0.2, 0.25) is 0 Å². The predicted molar refractivity (Wildman–Crippen MR) is 101 cm³/mol. The van der Waals surface area contributed by atoms with Crippen LogP contribution < -0.4 is 10.5 Å². The second-order valence-corrected chi connectivity index (χ2v) is 8.02. The molecule has 0 saturated heterocycles. The molecule has 0 unspecified atom stereocenters. The van der Waals surface area contributed by atoms with Crippen molar-refractivity contribution in [1.82, 2.24) is 14.5 Å². The lowest BCUT2D eigenvalue weighted by Gasteiger charge is -2.14. The molecule has 0 fully saturated rings. The van der Waals surface area contributed by atoms with Crippen LogP contribution >= 0.6 is 0 Å². The number of alkyl halides is 3. The van der Waals surface area contributed by atoms with Crippen molar-refractivity contribution >= 4 is 15.8 Å². The maximum Gasteiger partial charge on any atom is 0.416 e. The van der Waals surface area contributed by atoms with Gasteiger partial charge in [-0.25, -0.2) is 23.5 Å².